The third-order valence-electron chi connectivity index (χ3n) is 4.94. The fourth-order valence-electron chi connectivity index (χ4n) is 3.58. The van der Waals surface area contributed by atoms with Crippen molar-refractivity contribution in [1.29, 1.82) is 0 Å². The van der Waals surface area contributed by atoms with Crippen LogP contribution in [0.4, 0.5) is 0 Å². The summed E-state index contributed by atoms with van der Waals surface area (Å²) >= 11 is 0. The van der Waals surface area contributed by atoms with Crippen molar-refractivity contribution >= 4 is 34.1 Å². The van der Waals surface area contributed by atoms with Gasteiger partial charge in [0, 0.05) is 52.8 Å². The Kier molecular flexibility index (Phi) is 3.95. The van der Waals surface area contributed by atoms with E-state index in [1.165, 1.54) is 6.08 Å². The number of hydrogen-bond acceptors (Lipinski definition) is 3. The molecular formula is C23H17N5O. The molecule has 0 bridgehead atoms. The third-order valence-corrected chi connectivity index (χ3v) is 4.94. The number of benzene rings is 1. The fourth-order valence-corrected chi connectivity index (χ4v) is 3.58. The maximum Gasteiger partial charge on any atom is 0.241 e. The summed E-state index contributed by atoms with van der Waals surface area (Å²) in [6.07, 6.45) is 10.6. The minimum absolute atomic E-state index is 0.469. The number of nitrogens with one attached hydrogen (secondary N) is 2. The first-order valence-electron chi connectivity index (χ1n) is 9.16. The van der Waals surface area contributed by atoms with Crippen LogP contribution in [-0.2, 0) is 4.79 Å². The molecule has 0 fully saturated rings. The summed E-state index contributed by atoms with van der Waals surface area (Å²) in [5.74, 6) is -0.469. The van der Waals surface area contributed by atoms with Crippen molar-refractivity contribution in [3.05, 3.63) is 78.9 Å². The van der Waals surface area contributed by atoms with E-state index < -0.39 is 5.91 Å². The summed E-state index contributed by atoms with van der Waals surface area (Å²) in [4.78, 5) is 26.4. The third kappa shape index (κ3) is 3.06. The summed E-state index contributed by atoms with van der Waals surface area (Å²) in [6, 6.07) is 14.1. The van der Waals surface area contributed by atoms with Crippen LogP contribution in [0, 0.1) is 0 Å². The number of H-pyrrole nitrogens is 2. The van der Waals surface area contributed by atoms with Crippen molar-refractivity contribution < 1.29 is 4.79 Å². The molecule has 0 aliphatic rings. The predicted molar refractivity (Wildman–Crippen MR) is 115 cm³/mol. The molecule has 1 amide bonds. The Morgan fingerprint density at radius 1 is 0.931 bits per heavy atom. The van der Waals surface area contributed by atoms with Crippen LogP contribution >= 0.6 is 0 Å². The van der Waals surface area contributed by atoms with Crippen LogP contribution in [0.15, 0.2) is 73.3 Å². The van der Waals surface area contributed by atoms with Gasteiger partial charge in [-0.1, -0.05) is 18.2 Å². The van der Waals surface area contributed by atoms with E-state index in [9.17, 15) is 4.79 Å². The summed E-state index contributed by atoms with van der Waals surface area (Å²) in [6.45, 7) is 0. The average Bonchev–Trinajstić information content (AvgIpc) is 3.38. The van der Waals surface area contributed by atoms with Crippen LogP contribution < -0.4 is 5.73 Å². The zero-order valence-electron chi connectivity index (χ0n) is 15.4. The average molecular weight is 379 g/mol. The highest BCUT2D eigenvalue weighted by molar-refractivity contribution is 6.03. The molecule has 5 rings (SSSR count). The molecule has 4 heterocycles. The quantitative estimate of drug-likeness (QED) is 0.406. The Morgan fingerprint density at radius 2 is 1.83 bits per heavy atom. The molecule has 29 heavy (non-hydrogen) atoms. The van der Waals surface area contributed by atoms with E-state index in [2.05, 4.69) is 26.0 Å². The van der Waals surface area contributed by atoms with Gasteiger partial charge in [0.2, 0.25) is 5.91 Å². The van der Waals surface area contributed by atoms with E-state index in [4.69, 9.17) is 5.73 Å². The number of aromatic amines is 2. The van der Waals surface area contributed by atoms with Crippen molar-refractivity contribution in [2.24, 2.45) is 5.73 Å². The van der Waals surface area contributed by atoms with Crippen LogP contribution in [0.3, 0.4) is 0 Å². The summed E-state index contributed by atoms with van der Waals surface area (Å²) in [5, 5.41) is 2.10. The highest BCUT2D eigenvalue weighted by Crippen LogP contribution is 2.34. The van der Waals surface area contributed by atoms with Crippen molar-refractivity contribution in [1.82, 2.24) is 19.9 Å². The molecular weight excluding hydrogens is 362 g/mol. The van der Waals surface area contributed by atoms with Gasteiger partial charge in [-0.3, -0.25) is 4.79 Å². The molecule has 0 atom stereocenters. The molecule has 0 saturated carbocycles. The summed E-state index contributed by atoms with van der Waals surface area (Å²) < 4.78 is 0. The SMILES string of the molecule is NC(=O)C=Cc1cccc(-c2cnc3[nH]cc(-c4ccnc5[nH]ccc45)c3c2)c1. The van der Waals surface area contributed by atoms with Crippen molar-refractivity contribution in [3.63, 3.8) is 0 Å². The predicted octanol–water partition coefficient (Wildman–Crippen LogP) is 4.27. The monoisotopic (exact) mass is 379 g/mol. The second-order valence-corrected chi connectivity index (χ2v) is 6.78. The van der Waals surface area contributed by atoms with Crippen LogP contribution in [0.25, 0.3) is 50.4 Å². The molecule has 4 aromatic heterocycles. The van der Waals surface area contributed by atoms with Gasteiger partial charge in [0.25, 0.3) is 0 Å². The first kappa shape index (κ1) is 16.9. The Balaban J connectivity index is 1.63. The number of nitrogens with two attached hydrogens (primary N) is 1. The molecule has 5 aromatic rings. The Morgan fingerprint density at radius 3 is 2.72 bits per heavy atom. The first-order valence-corrected chi connectivity index (χ1v) is 9.16. The molecule has 6 heteroatoms. The first-order chi connectivity index (χ1) is 14.2. The number of pyridine rings is 2. The topological polar surface area (TPSA) is 100 Å². The molecule has 6 nitrogen and oxygen atoms in total. The van der Waals surface area contributed by atoms with E-state index in [0.29, 0.717) is 0 Å². The number of rotatable bonds is 4. The molecule has 0 unspecified atom stereocenters. The van der Waals surface area contributed by atoms with Gasteiger partial charge < -0.3 is 15.7 Å². The van der Waals surface area contributed by atoms with E-state index in [0.717, 1.165) is 49.9 Å². The molecule has 0 saturated heterocycles. The van der Waals surface area contributed by atoms with Gasteiger partial charge in [-0.05, 0) is 47.0 Å². The number of nitrogens with zero attached hydrogens (tertiary/aromatic N) is 2. The number of hydrogen-bond donors (Lipinski definition) is 3. The molecule has 0 aliphatic carbocycles. The highest BCUT2D eigenvalue weighted by atomic mass is 16.1. The second kappa shape index (κ2) is 6.76. The van der Waals surface area contributed by atoms with E-state index in [1.807, 2.05) is 55.0 Å². The Hall–Kier alpha value is -4.19. The van der Waals surface area contributed by atoms with Crippen LogP contribution in [0.1, 0.15) is 5.56 Å². The van der Waals surface area contributed by atoms with Crippen LogP contribution in [-0.4, -0.2) is 25.8 Å². The summed E-state index contributed by atoms with van der Waals surface area (Å²) in [7, 11) is 0. The molecule has 0 aliphatic heterocycles. The van der Waals surface area contributed by atoms with Gasteiger partial charge in [0.05, 0.1) is 0 Å². The number of amides is 1. The lowest BCUT2D eigenvalue weighted by Crippen LogP contribution is -2.05. The zero-order valence-corrected chi connectivity index (χ0v) is 15.4. The van der Waals surface area contributed by atoms with E-state index in [-0.39, 0.29) is 0 Å². The molecule has 4 N–H and O–H groups in total. The fraction of sp³-hybridized carbons (Fsp3) is 0. The molecule has 140 valence electrons. The standard InChI is InChI=1S/C23H17N5O/c24-21(29)5-4-14-2-1-3-15(10-14)16-11-19-20(13-28-23(19)27-12-16)17-6-8-25-22-18(17)7-9-26-22/h1-13H,(H2,24,29)(H,25,26)(H,27,28). The number of aromatic nitrogens is 4. The lowest BCUT2D eigenvalue weighted by molar-refractivity contribution is -0.113. The number of fused-ring (bicyclic) bond motifs is 2. The Labute approximate surface area is 166 Å². The smallest absolute Gasteiger partial charge is 0.241 e. The van der Waals surface area contributed by atoms with Crippen molar-refractivity contribution in [2.45, 2.75) is 0 Å². The van der Waals surface area contributed by atoms with Crippen LogP contribution in [0.5, 0.6) is 0 Å². The maximum absolute atomic E-state index is 11.0. The van der Waals surface area contributed by atoms with Gasteiger partial charge >= 0.3 is 0 Å². The normalized spacial score (nSPS) is 11.6. The maximum atomic E-state index is 11.0. The second-order valence-electron chi connectivity index (χ2n) is 6.78. The van der Waals surface area contributed by atoms with Gasteiger partial charge in [0.15, 0.2) is 0 Å². The Bertz CT molecular complexity index is 1390. The minimum Gasteiger partial charge on any atom is -0.366 e. The van der Waals surface area contributed by atoms with Gasteiger partial charge in [0.1, 0.15) is 11.3 Å². The van der Waals surface area contributed by atoms with Gasteiger partial charge in [-0.15, -0.1) is 0 Å². The molecule has 1 aromatic carbocycles. The summed E-state index contributed by atoms with van der Waals surface area (Å²) in [5.41, 5.74) is 12.0. The highest BCUT2D eigenvalue weighted by Gasteiger charge is 2.12. The lowest BCUT2D eigenvalue weighted by Gasteiger charge is -2.05. The number of carbonyl (C=O) groups excluding carboxylic acids is 1. The number of carbonyl (C=O) groups is 1. The van der Waals surface area contributed by atoms with Crippen LogP contribution in [0.2, 0.25) is 0 Å². The number of primary amides is 1. The van der Waals surface area contributed by atoms with Gasteiger partial charge in [-0.25, -0.2) is 9.97 Å². The van der Waals surface area contributed by atoms with Crippen molar-refractivity contribution in [2.75, 3.05) is 0 Å². The largest absolute Gasteiger partial charge is 0.366 e. The lowest BCUT2D eigenvalue weighted by atomic mass is 10.00. The minimum atomic E-state index is -0.469. The van der Waals surface area contributed by atoms with E-state index >= 15 is 0 Å². The molecule has 0 radical (unpaired) electrons. The molecule has 0 spiro atoms. The zero-order chi connectivity index (χ0) is 19.8. The van der Waals surface area contributed by atoms with E-state index in [1.54, 1.807) is 12.3 Å². The van der Waals surface area contributed by atoms with Gasteiger partial charge in [-0.2, -0.15) is 0 Å². The van der Waals surface area contributed by atoms with Crippen molar-refractivity contribution in [3.8, 4) is 22.3 Å².